The first kappa shape index (κ1) is 13.9. The molecule has 0 unspecified atom stereocenters. The van der Waals surface area contributed by atoms with Crippen molar-refractivity contribution in [3.63, 3.8) is 0 Å². The molecule has 1 aliphatic heterocycles. The van der Waals surface area contributed by atoms with Gasteiger partial charge in [-0.3, -0.25) is 14.8 Å². The van der Waals surface area contributed by atoms with Crippen molar-refractivity contribution in [2.45, 2.75) is 25.1 Å². The molecule has 2 N–H and O–H groups in total. The van der Waals surface area contributed by atoms with Crippen molar-refractivity contribution in [3.05, 3.63) is 18.0 Å². The minimum Gasteiger partial charge on any atom is -0.349 e. The van der Waals surface area contributed by atoms with E-state index in [-0.39, 0.29) is 11.9 Å². The smallest absolute Gasteiger partial charge is 0.349 e. The number of hydrogen-bond donors (Lipinski definition) is 2. The highest BCUT2D eigenvalue weighted by atomic mass is 19.4. The van der Waals surface area contributed by atoms with Crippen LogP contribution in [0.1, 0.15) is 23.2 Å². The van der Waals surface area contributed by atoms with E-state index in [0.29, 0.717) is 31.5 Å². The topological polar surface area (TPSA) is 61.0 Å². The quantitative estimate of drug-likeness (QED) is 0.871. The SMILES string of the molecule is O=C(NC1CCN(CC(F)(F)F)CC1)c1cn[nH]c1. The summed E-state index contributed by atoms with van der Waals surface area (Å²) >= 11 is 0. The van der Waals surface area contributed by atoms with E-state index in [2.05, 4.69) is 15.5 Å². The molecule has 0 bridgehead atoms. The van der Waals surface area contributed by atoms with E-state index in [1.807, 2.05) is 0 Å². The number of carbonyl (C=O) groups is 1. The second-order valence-electron chi connectivity index (χ2n) is 4.63. The van der Waals surface area contributed by atoms with Crippen LogP contribution >= 0.6 is 0 Å². The Balaban J connectivity index is 1.76. The van der Waals surface area contributed by atoms with Gasteiger partial charge in [-0.2, -0.15) is 18.3 Å². The fourth-order valence-electron chi connectivity index (χ4n) is 2.13. The Morgan fingerprint density at radius 3 is 2.68 bits per heavy atom. The number of piperidine rings is 1. The van der Waals surface area contributed by atoms with Crippen molar-refractivity contribution >= 4 is 5.91 Å². The third kappa shape index (κ3) is 4.23. The molecule has 1 aliphatic rings. The summed E-state index contributed by atoms with van der Waals surface area (Å²) in [4.78, 5) is 13.1. The van der Waals surface area contributed by atoms with E-state index in [9.17, 15) is 18.0 Å². The number of hydrogen-bond acceptors (Lipinski definition) is 3. The molecule has 2 heterocycles. The molecular weight excluding hydrogens is 261 g/mol. The largest absolute Gasteiger partial charge is 0.401 e. The van der Waals surface area contributed by atoms with E-state index in [0.717, 1.165) is 0 Å². The number of likely N-dealkylation sites (tertiary alicyclic amines) is 1. The van der Waals surface area contributed by atoms with E-state index in [1.54, 1.807) is 0 Å². The van der Waals surface area contributed by atoms with Crippen LogP contribution in [0.25, 0.3) is 0 Å². The third-order valence-corrected chi connectivity index (χ3v) is 3.09. The molecule has 1 fully saturated rings. The lowest BCUT2D eigenvalue weighted by Crippen LogP contribution is -2.47. The molecule has 8 heteroatoms. The Bertz CT molecular complexity index is 410. The third-order valence-electron chi connectivity index (χ3n) is 3.09. The van der Waals surface area contributed by atoms with E-state index in [4.69, 9.17) is 0 Å². The van der Waals surface area contributed by atoms with Gasteiger partial charge in [0, 0.05) is 25.3 Å². The summed E-state index contributed by atoms with van der Waals surface area (Å²) in [6, 6.07) is -0.0770. The highest BCUT2D eigenvalue weighted by Crippen LogP contribution is 2.19. The van der Waals surface area contributed by atoms with Crippen molar-refractivity contribution in [2.75, 3.05) is 19.6 Å². The zero-order valence-corrected chi connectivity index (χ0v) is 10.2. The van der Waals surface area contributed by atoms with Crippen LogP contribution in [0.2, 0.25) is 0 Å². The lowest BCUT2D eigenvalue weighted by atomic mass is 10.0. The Labute approximate surface area is 108 Å². The molecule has 1 saturated heterocycles. The Morgan fingerprint density at radius 2 is 2.16 bits per heavy atom. The van der Waals surface area contributed by atoms with Crippen LogP contribution in [-0.4, -0.2) is 52.9 Å². The van der Waals surface area contributed by atoms with Crippen LogP contribution in [0.3, 0.4) is 0 Å². The Morgan fingerprint density at radius 1 is 1.47 bits per heavy atom. The highest BCUT2D eigenvalue weighted by Gasteiger charge is 2.32. The first-order valence-corrected chi connectivity index (χ1v) is 6.03. The lowest BCUT2D eigenvalue weighted by Gasteiger charge is -2.32. The number of halogens is 3. The standard InChI is InChI=1S/C11H15F3N4O/c12-11(13,14)7-18-3-1-9(2-4-18)17-10(19)8-5-15-16-6-8/h5-6,9H,1-4,7H2,(H,15,16)(H,17,19). The highest BCUT2D eigenvalue weighted by molar-refractivity contribution is 5.93. The summed E-state index contributed by atoms with van der Waals surface area (Å²) < 4.78 is 36.6. The van der Waals surface area contributed by atoms with Gasteiger partial charge in [0.05, 0.1) is 18.3 Å². The Kier molecular flexibility index (Phi) is 4.08. The molecule has 0 saturated carbocycles. The van der Waals surface area contributed by atoms with Gasteiger partial charge in [0.15, 0.2) is 0 Å². The van der Waals surface area contributed by atoms with Crippen molar-refractivity contribution in [2.24, 2.45) is 0 Å². The summed E-state index contributed by atoms with van der Waals surface area (Å²) in [5.41, 5.74) is 0.428. The monoisotopic (exact) mass is 276 g/mol. The van der Waals surface area contributed by atoms with Gasteiger partial charge in [0.25, 0.3) is 5.91 Å². The normalized spacial score (nSPS) is 18.5. The predicted molar refractivity (Wildman–Crippen MR) is 61.6 cm³/mol. The number of alkyl halides is 3. The molecule has 0 radical (unpaired) electrons. The van der Waals surface area contributed by atoms with Gasteiger partial charge in [-0.15, -0.1) is 0 Å². The van der Waals surface area contributed by atoms with Crippen molar-refractivity contribution in [1.82, 2.24) is 20.4 Å². The van der Waals surface area contributed by atoms with E-state index in [1.165, 1.54) is 17.3 Å². The molecule has 0 aliphatic carbocycles. The van der Waals surface area contributed by atoms with Crippen molar-refractivity contribution in [1.29, 1.82) is 0 Å². The van der Waals surface area contributed by atoms with Crippen LogP contribution in [0.4, 0.5) is 13.2 Å². The maximum absolute atomic E-state index is 12.2. The molecule has 1 amide bonds. The summed E-state index contributed by atoms with van der Waals surface area (Å²) in [6.07, 6.45) is -0.214. The number of aromatic nitrogens is 2. The predicted octanol–water partition coefficient (Wildman–Crippen LogP) is 1.17. The number of carbonyl (C=O) groups excluding carboxylic acids is 1. The van der Waals surface area contributed by atoms with Crippen LogP contribution < -0.4 is 5.32 Å². The molecule has 1 aromatic heterocycles. The fourth-order valence-corrected chi connectivity index (χ4v) is 2.13. The number of aromatic amines is 1. The molecule has 2 rings (SSSR count). The summed E-state index contributed by atoms with van der Waals surface area (Å²) in [5.74, 6) is -0.247. The van der Waals surface area contributed by atoms with Crippen molar-refractivity contribution < 1.29 is 18.0 Å². The van der Waals surface area contributed by atoms with Crippen LogP contribution in [0, 0.1) is 0 Å². The molecule has 5 nitrogen and oxygen atoms in total. The number of rotatable bonds is 3. The minimum atomic E-state index is -4.16. The van der Waals surface area contributed by atoms with Gasteiger partial charge in [-0.25, -0.2) is 0 Å². The molecule has 106 valence electrons. The average Bonchev–Trinajstić information content (AvgIpc) is 2.83. The molecule has 1 aromatic rings. The van der Waals surface area contributed by atoms with Gasteiger partial charge in [0.1, 0.15) is 0 Å². The van der Waals surface area contributed by atoms with Crippen LogP contribution in [0.15, 0.2) is 12.4 Å². The molecular formula is C11H15F3N4O. The number of H-pyrrole nitrogens is 1. The van der Waals surface area contributed by atoms with E-state index >= 15 is 0 Å². The molecule has 0 aromatic carbocycles. The summed E-state index contributed by atoms with van der Waals surface area (Å²) in [7, 11) is 0. The number of nitrogens with one attached hydrogen (secondary N) is 2. The number of amides is 1. The maximum atomic E-state index is 12.2. The molecule has 0 atom stereocenters. The second kappa shape index (κ2) is 5.60. The van der Waals surface area contributed by atoms with Crippen LogP contribution in [-0.2, 0) is 0 Å². The summed E-state index contributed by atoms with van der Waals surface area (Å²) in [5, 5.41) is 9.00. The maximum Gasteiger partial charge on any atom is 0.401 e. The first-order chi connectivity index (χ1) is 8.94. The van der Waals surface area contributed by atoms with E-state index < -0.39 is 12.7 Å². The number of nitrogens with zero attached hydrogens (tertiary/aromatic N) is 2. The zero-order chi connectivity index (χ0) is 13.9. The summed E-state index contributed by atoms with van der Waals surface area (Å²) in [6.45, 7) is -0.193. The van der Waals surface area contributed by atoms with Gasteiger partial charge in [-0.1, -0.05) is 0 Å². The Hall–Kier alpha value is -1.57. The van der Waals surface area contributed by atoms with Gasteiger partial charge >= 0.3 is 6.18 Å². The van der Waals surface area contributed by atoms with Crippen molar-refractivity contribution in [3.8, 4) is 0 Å². The second-order valence-corrected chi connectivity index (χ2v) is 4.63. The zero-order valence-electron chi connectivity index (χ0n) is 10.2. The molecule has 0 spiro atoms. The first-order valence-electron chi connectivity index (χ1n) is 6.03. The van der Waals surface area contributed by atoms with Gasteiger partial charge in [-0.05, 0) is 12.8 Å². The lowest BCUT2D eigenvalue weighted by molar-refractivity contribution is -0.148. The van der Waals surface area contributed by atoms with Crippen LogP contribution in [0.5, 0.6) is 0 Å². The fraction of sp³-hybridized carbons (Fsp3) is 0.636. The average molecular weight is 276 g/mol. The van der Waals surface area contributed by atoms with Gasteiger partial charge in [0.2, 0.25) is 0 Å². The van der Waals surface area contributed by atoms with Gasteiger partial charge < -0.3 is 5.32 Å². The minimum absolute atomic E-state index is 0.0770. The molecule has 19 heavy (non-hydrogen) atoms.